The van der Waals surface area contributed by atoms with Gasteiger partial charge < -0.3 is 10.5 Å². The van der Waals surface area contributed by atoms with Gasteiger partial charge in [-0.2, -0.15) is 4.31 Å². The quantitative estimate of drug-likeness (QED) is 0.868. The van der Waals surface area contributed by atoms with E-state index in [1.165, 1.54) is 17.5 Å². The van der Waals surface area contributed by atoms with Gasteiger partial charge in [-0.25, -0.2) is 8.42 Å². The van der Waals surface area contributed by atoms with Crippen molar-refractivity contribution in [1.82, 2.24) is 4.31 Å². The summed E-state index contributed by atoms with van der Waals surface area (Å²) in [5.74, 6) is 0.251. The molecule has 0 aliphatic carbocycles. The minimum Gasteiger partial charge on any atom is -0.495 e. The minimum absolute atomic E-state index is 0.0435. The SMILES string of the molecule is CCC(C)(C)N(C)S(=O)(=O)c1cc(Cl)cc(CN)c1OC. The Labute approximate surface area is 132 Å². The van der Waals surface area contributed by atoms with E-state index < -0.39 is 15.6 Å². The highest BCUT2D eigenvalue weighted by Gasteiger charge is 2.35. The highest BCUT2D eigenvalue weighted by atomic mass is 35.5. The van der Waals surface area contributed by atoms with Crippen LogP contribution in [0.15, 0.2) is 17.0 Å². The molecule has 1 rings (SSSR count). The van der Waals surface area contributed by atoms with Crippen LogP contribution in [-0.4, -0.2) is 32.4 Å². The van der Waals surface area contributed by atoms with Crippen molar-refractivity contribution < 1.29 is 13.2 Å². The maximum absolute atomic E-state index is 12.9. The number of ether oxygens (including phenoxy) is 1. The number of halogens is 1. The van der Waals surface area contributed by atoms with Crippen molar-refractivity contribution in [1.29, 1.82) is 0 Å². The van der Waals surface area contributed by atoms with Crippen molar-refractivity contribution in [2.75, 3.05) is 14.2 Å². The maximum atomic E-state index is 12.9. The van der Waals surface area contributed by atoms with Crippen LogP contribution in [0.5, 0.6) is 5.75 Å². The summed E-state index contributed by atoms with van der Waals surface area (Å²) in [6.45, 7) is 5.82. The second-order valence-electron chi connectivity index (χ2n) is 5.44. The minimum atomic E-state index is -3.74. The predicted molar refractivity (Wildman–Crippen MR) is 85.2 cm³/mol. The molecule has 120 valence electrons. The molecule has 0 heterocycles. The molecule has 0 aliphatic heterocycles. The normalized spacial score (nSPS) is 12.8. The highest BCUT2D eigenvalue weighted by Crippen LogP contribution is 2.35. The zero-order valence-corrected chi connectivity index (χ0v) is 14.7. The number of benzene rings is 1. The number of rotatable bonds is 6. The number of sulfonamides is 1. The topological polar surface area (TPSA) is 72.6 Å². The average molecular weight is 335 g/mol. The van der Waals surface area contributed by atoms with Gasteiger partial charge in [0.25, 0.3) is 0 Å². The third kappa shape index (κ3) is 3.51. The fourth-order valence-electron chi connectivity index (χ4n) is 1.89. The highest BCUT2D eigenvalue weighted by molar-refractivity contribution is 7.89. The standard InChI is InChI=1S/C14H23ClN2O3S/c1-6-14(2,3)17(4)21(18,19)12-8-11(15)7-10(9-16)13(12)20-5/h7-8H,6,9,16H2,1-5H3. The van der Waals surface area contributed by atoms with E-state index in [1.54, 1.807) is 13.1 Å². The van der Waals surface area contributed by atoms with Gasteiger partial charge in [-0.3, -0.25) is 0 Å². The Hall–Kier alpha value is -0.820. The lowest BCUT2D eigenvalue weighted by Crippen LogP contribution is -2.44. The lowest BCUT2D eigenvalue weighted by atomic mass is 10.0. The molecule has 0 spiro atoms. The van der Waals surface area contributed by atoms with E-state index in [-0.39, 0.29) is 17.2 Å². The van der Waals surface area contributed by atoms with Gasteiger partial charge in [0.15, 0.2) is 0 Å². The predicted octanol–water partition coefficient (Wildman–Crippen LogP) is 2.62. The number of hydrogen-bond donors (Lipinski definition) is 1. The van der Waals surface area contributed by atoms with Crippen LogP contribution in [0.2, 0.25) is 5.02 Å². The van der Waals surface area contributed by atoms with Crippen molar-refractivity contribution in [2.24, 2.45) is 5.73 Å². The van der Waals surface area contributed by atoms with E-state index in [0.717, 1.165) is 0 Å². The molecule has 0 saturated carbocycles. The fourth-order valence-corrected chi connectivity index (χ4v) is 4.00. The molecule has 2 N–H and O–H groups in total. The summed E-state index contributed by atoms with van der Waals surface area (Å²) >= 11 is 6.02. The summed E-state index contributed by atoms with van der Waals surface area (Å²) in [5, 5.41) is 0.317. The molecule has 0 radical (unpaired) electrons. The zero-order valence-electron chi connectivity index (χ0n) is 13.1. The summed E-state index contributed by atoms with van der Waals surface area (Å²) < 4.78 is 32.4. The summed E-state index contributed by atoms with van der Waals surface area (Å²) in [5.41, 5.74) is 5.69. The molecule has 5 nitrogen and oxygen atoms in total. The van der Waals surface area contributed by atoms with E-state index >= 15 is 0 Å². The largest absolute Gasteiger partial charge is 0.495 e. The van der Waals surface area contributed by atoms with Crippen LogP contribution in [0, 0.1) is 0 Å². The zero-order chi connectivity index (χ0) is 16.4. The Morgan fingerprint density at radius 1 is 1.38 bits per heavy atom. The molecule has 0 aliphatic rings. The van der Waals surface area contributed by atoms with Crippen molar-refractivity contribution in [3.63, 3.8) is 0 Å². The first-order chi connectivity index (χ1) is 9.61. The number of nitrogens with two attached hydrogens (primary N) is 1. The molecule has 0 amide bonds. The molecule has 1 aromatic carbocycles. The maximum Gasteiger partial charge on any atom is 0.247 e. The Bertz CT molecular complexity index is 615. The van der Waals surface area contributed by atoms with Gasteiger partial charge in [0, 0.05) is 29.7 Å². The lowest BCUT2D eigenvalue weighted by Gasteiger charge is -2.34. The monoisotopic (exact) mass is 334 g/mol. The summed E-state index contributed by atoms with van der Waals surface area (Å²) in [6, 6.07) is 3.02. The van der Waals surface area contributed by atoms with Crippen molar-refractivity contribution in [3.8, 4) is 5.75 Å². The van der Waals surface area contributed by atoms with Gasteiger partial charge in [-0.1, -0.05) is 18.5 Å². The first kappa shape index (κ1) is 18.2. The molecule has 0 unspecified atom stereocenters. The van der Waals surface area contributed by atoms with E-state index in [1.807, 2.05) is 20.8 Å². The third-order valence-corrected chi connectivity index (χ3v) is 6.17. The molecular weight excluding hydrogens is 312 g/mol. The van der Waals surface area contributed by atoms with Crippen LogP contribution in [0.25, 0.3) is 0 Å². The van der Waals surface area contributed by atoms with Gasteiger partial charge >= 0.3 is 0 Å². The Morgan fingerprint density at radius 2 is 1.95 bits per heavy atom. The summed E-state index contributed by atoms with van der Waals surface area (Å²) in [6.07, 6.45) is 0.676. The van der Waals surface area contributed by atoms with Gasteiger partial charge in [0.05, 0.1) is 7.11 Å². The smallest absolute Gasteiger partial charge is 0.247 e. The average Bonchev–Trinajstić information content (AvgIpc) is 2.45. The van der Waals surface area contributed by atoms with Crippen LogP contribution >= 0.6 is 11.6 Å². The molecule has 0 atom stereocenters. The Kier molecular flexibility index (Phi) is 5.66. The number of methoxy groups -OCH3 is 1. The van der Waals surface area contributed by atoms with Crippen molar-refractivity contribution in [3.05, 3.63) is 22.7 Å². The van der Waals surface area contributed by atoms with E-state index in [4.69, 9.17) is 22.1 Å². The molecule has 1 aromatic rings. The number of nitrogens with zero attached hydrogens (tertiary/aromatic N) is 1. The first-order valence-electron chi connectivity index (χ1n) is 6.67. The lowest BCUT2D eigenvalue weighted by molar-refractivity contribution is 0.256. The van der Waals surface area contributed by atoms with Crippen LogP contribution in [0.3, 0.4) is 0 Å². The van der Waals surface area contributed by atoms with E-state index in [2.05, 4.69) is 0 Å². The van der Waals surface area contributed by atoms with Crippen LogP contribution in [-0.2, 0) is 16.6 Å². The third-order valence-electron chi connectivity index (χ3n) is 3.88. The molecule has 0 fully saturated rings. The van der Waals surface area contributed by atoms with Gasteiger partial charge in [0.2, 0.25) is 10.0 Å². The Balaban J connectivity index is 3.55. The summed E-state index contributed by atoms with van der Waals surface area (Å²) in [7, 11) is -0.758. The van der Waals surface area contributed by atoms with Gasteiger partial charge in [0.1, 0.15) is 10.6 Å². The van der Waals surface area contributed by atoms with Crippen LogP contribution in [0.1, 0.15) is 32.8 Å². The molecule has 0 saturated heterocycles. The molecule has 0 aromatic heterocycles. The number of hydrogen-bond acceptors (Lipinski definition) is 4. The summed E-state index contributed by atoms with van der Waals surface area (Å²) in [4.78, 5) is 0.0435. The molecule has 21 heavy (non-hydrogen) atoms. The van der Waals surface area contributed by atoms with Gasteiger partial charge in [-0.05, 0) is 32.4 Å². The molecule has 0 bridgehead atoms. The van der Waals surface area contributed by atoms with Crippen LogP contribution in [0.4, 0.5) is 0 Å². The van der Waals surface area contributed by atoms with Crippen LogP contribution < -0.4 is 10.5 Å². The molecular formula is C14H23ClN2O3S. The second kappa shape index (κ2) is 6.52. The first-order valence-corrected chi connectivity index (χ1v) is 8.49. The molecule has 7 heteroatoms. The second-order valence-corrected chi connectivity index (χ2v) is 7.81. The Morgan fingerprint density at radius 3 is 2.38 bits per heavy atom. The van der Waals surface area contributed by atoms with Gasteiger partial charge in [-0.15, -0.1) is 0 Å². The van der Waals surface area contributed by atoms with E-state index in [9.17, 15) is 8.42 Å². The van der Waals surface area contributed by atoms with E-state index in [0.29, 0.717) is 17.0 Å². The fraction of sp³-hybridized carbons (Fsp3) is 0.571. The van der Waals surface area contributed by atoms with Crippen molar-refractivity contribution >= 4 is 21.6 Å². The van der Waals surface area contributed by atoms with Crippen molar-refractivity contribution in [2.45, 2.75) is 44.2 Å².